The Morgan fingerprint density at radius 3 is 2.50 bits per heavy atom. The van der Waals surface area contributed by atoms with Gasteiger partial charge in [0.1, 0.15) is 0 Å². The van der Waals surface area contributed by atoms with Gasteiger partial charge in [-0.3, -0.25) is 0 Å². The molecule has 6 heavy (non-hydrogen) atoms. The predicted octanol–water partition coefficient (Wildman–Crippen LogP) is 0.860. The zero-order valence-electron chi connectivity index (χ0n) is 3.03. The van der Waals surface area contributed by atoms with Gasteiger partial charge >= 0.3 is 0 Å². The molecular weight excluding hydrogens is 101 g/mol. The van der Waals surface area contributed by atoms with Crippen molar-refractivity contribution in [3.05, 3.63) is 0 Å². The van der Waals surface area contributed by atoms with Crippen molar-refractivity contribution >= 4 is 18.6 Å². The third-order valence-electron chi connectivity index (χ3n) is 0.360. The molecule has 0 spiro atoms. The molecule has 0 atom stereocenters. The first-order valence-electron chi connectivity index (χ1n) is 1.38. The van der Waals surface area contributed by atoms with Crippen LogP contribution in [0.5, 0.6) is 0 Å². The molecule has 0 radical (unpaired) electrons. The lowest BCUT2D eigenvalue weighted by Gasteiger charge is -1.52. The summed E-state index contributed by atoms with van der Waals surface area (Å²) in [5.74, 6) is 0. The van der Waals surface area contributed by atoms with Crippen LogP contribution in [0.15, 0.2) is 15.4 Å². The van der Waals surface area contributed by atoms with E-state index in [1.165, 1.54) is 0 Å². The molecule has 1 aliphatic heterocycles. The van der Waals surface area contributed by atoms with Crippen molar-refractivity contribution in [3.8, 4) is 0 Å². The summed E-state index contributed by atoms with van der Waals surface area (Å²) in [7, 11) is 0. The highest BCUT2D eigenvalue weighted by molar-refractivity contribution is 5.85. The Hall–Kier alpha value is -0.440. The number of halogens is 1. The van der Waals surface area contributed by atoms with Crippen LogP contribution in [-0.4, -0.2) is 12.8 Å². The van der Waals surface area contributed by atoms with Crippen molar-refractivity contribution < 1.29 is 0 Å². The summed E-state index contributed by atoms with van der Waals surface area (Å²) in [6.45, 7) is 0.667. The fourth-order valence-electron chi connectivity index (χ4n) is 0.183. The fourth-order valence-corrected chi connectivity index (χ4v) is 0.183. The summed E-state index contributed by atoms with van der Waals surface area (Å²) in [5, 5.41) is 10.2. The maximum Gasteiger partial charge on any atom is 0.0992 e. The van der Waals surface area contributed by atoms with E-state index in [1.807, 2.05) is 0 Å². The normalized spacial score (nSPS) is 14.7. The van der Waals surface area contributed by atoms with Gasteiger partial charge in [-0.15, -0.1) is 17.5 Å². The maximum atomic E-state index is 3.49. The second kappa shape index (κ2) is 2.78. The van der Waals surface area contributed by atoms with Crippen molar-refractivity contribution in [1.29, 1.82) is 0 Å². The molecule has 0 aliphatic carbocycles. The van der Waals surface area contributed by atoms with Crippen LogP contribution in [0.2, 0.25) is 0 Å². The molecule has 0 bridgehead atoms. The summed E-state index contributed by atoms with van der Waals surface area (Å²) in [5.41, 5.74) is 0. The van der Waals surface area contributed by atoms with Gasteiger partial charge in [0.15, 0.2) is 0 Å². The molecular formula is C2H4ClN3. The number of hydrogen-bond donors (Lipinski definition) is 0. The molecule has 3 nitrogen and oxygen atoms in total. The number of nitrogens with zero attached hydrogens (tertiary/aromatic N) is 3. The summed E-state index contributed by atoms with van der Waals surface area (Å²) in [6.07, 6.45) is 1.65. The predicted molar refractivity (Wildman–Crippen MR) is 25.5 cm³/mol. The van der Waals surface area contributed by atoms with Gasteiger partial charge in [-0.05, 0) is 5.22 Å². The van der Waals surface area contributed by atoms with Crippen LogP contribution in [0.4, 0.5) is 0 Å². The van der Waals surface area contributed by atoms with E-state index in [1.54, 1.807) is 6.21 Å². The van der Waals surface area contributed by atoms with Crippen LogP contribution in [0.3, 0.4) is 0 Å². The second-order valence-electron chi connectivity index (χ2n) is 0.711. The highest BCUT2D eigenvalue weighted by atomic mass is 35.5. The maximum absolute atomic E-state index is 3.49. The Kier molecular flexibility index (Phi) is 2.58. The van der Waals surface area contributed by atoms with E-state index in [0.717, 1.165) is 0 Å². The van der Waals surface area contributed by atoms with E-state index >= 15 is 0 Å². The summed E-state index contributed by atoms with van der Waals surface area (Å²) >= 11 is 0. The van der Waals surface area contributed by atoms with Crippen molar-refractivity contribution in [3.63, 3.8) is 0 Å². The molecule has 4 heteroatoms. The van der Waals surface area contributed by atoms with E-state index in [-0.39, 0.29) is 12.4 Å². The monoisotopic (exact) mass is 105 g/mol. The molecule has 0 aromatic rings. The minimum absolute atomic E-state index is 0. The van der Waals surface area contributed by atoms with Crippen LogP contribution in [0.25, 0.3) is 0 Å². The van der Waals surface area contributed by atoms with Crippen LogP contribution in [0, 0.1) is 0 Å². The Morgan fingerprint density at radius 2 is 2.33 bits per heavy atom. The van der Waals surface area contributed by atoms with Crippen molar-refractivity contribution in [2.75, 3.05) is 6.54 Å². The summed E-state index contributed by atoms with van der Waals surface area (Å²) < 4.78 is 0. The molecule has 1 heterocycles. The van der Waals surface area contributed by atoms with E-state index in [2.05, 4.69) is 15.4 Å². The molecule has 0 amide bonds. The van der Waals surface area contributed by atoms with Crippen LogP contribution >= 0.6 is 12.4 Å². The van der Waals surface area contributed by atoms with E-state index in [4.69, 9.17) is 0 Å². The molecule has 0 saturated heterocycles. The molecule has 0 aromatic heterocycles. The van der Waals surface area contributed by atoms with E-state index in [9.17, 15) is 0 Å². The second-order valence-corrected chi connectivity index (χ2v) is 0.711. The van der Waals surface area contributed by atoms with Crippen molar-refractivity contribution in [2.45, 2.75) is 0 Å². The van der Waals surface area contributed by atoms with Crippen LogP contribution < -0.4 is 0 Å². The third kappa shape index (κ3) is 1.12. The van der Waals surface area contributed by atoms with Gasteiger partial charge < -0.3 is 0 Å². The Labute approximate surface area is 41.6 Å². The molecule has 0 fully saturated rings. The van der Waals surface area contributed by atoms with Gasteiger partial charge in [0.2, 0.25) is 0 Å². The summed E-state index contributed by atoms with van der Waals surface area (Å²) in [4.78, 5) is 0. The van der Waals surface area contributed by atoms with Gasteiger partial charge in [-0.2, -0.15) is 5.11 Å². The molecule has 0 N–H and O–H groups in total. The zero-order valence-corrected chi connectivity index (χ0v) is 3.85. The minimum Gasteiger partial charge on any atom is -0.163 e. The highest BCUT2D eigenvalue weighted by Crippen LogP contribution is 1.80. The summed E-state index contributed by atoms with van der Waals surface area (Å²) in [6, 6.07) is 0. The topological polar surface area (TPSA) is 37.1 Å². The van der Waals surface area contributed by atoms with Gasteiger partial charge in [-0.25, -0.2) is 0 Å². The molecule has 0 saturated carbocycles. The SMILES string of the molecule is C1=NN=NC1.Cl. The Bertz CT molecular complexity index is 66.9. The lowest BCUT2D eigenvalue weighted by molar-refractivity contribution is 1.06. The van der Waals surface area contributed by atoms with E-state index in [0.29, 0.717) is 6.54 Å². The molecule has 34 valence electrons. The van der Waals surface area contributed by atoms with Crippen LogP contribution in [0.1, 0.15) is 0 Å². The first kappa shape index (κ1) is 5.56. The first-order chi connectivity index (χ1) is 2.50. The highest BCUT2D eigenvalue weighted by Gasteiger charge is 1.75. The fraction of sp³-hybridized carbons (Fsp3) is 0.500. The standard InChI is InChI=1S/C2H3N3.ClH/c1-2-4-5-3-1;/h1H,2H2;1H. The van der Waals surface area contributed by atoms with Gasteiger partial charge in [0, 0.05) is 0 Å². The van der Waals surface area contributed by atoms with Crippen molar-refractivity contribution in [2.24, 2.45) is 15.4 Å². The first-order valence-corrected chi connectivity index (χ1v) is 1.38. The zero-order chi connectivity index (χ0) is 3.54. The smallest absolute Gasteiger partial charge is 0.0992 e. The molecule has 1 rings (SSSR count). The average Bonchev–Trinajstić information content (AvgIpc) is 1.76. The lowest BCUT2D eigenvalue weighted by atomic mass is 10.8. The molecule has 1 aliphatic rings. The average molecular weight is 106 g/mol. The largest absolute Gasteiger partial charge is 0.163 e. The van der Waals surface area contributed by atoms with Crippen LogP contribution in [-0.2, 0) is 0 Å². The molecule has 0 unspecified atom stereocenters. The van der Waals surface area contributed by atoms with Crippen molar-refractivity contribution in [1.82, 2.24) is 0 Å². The Balaban J connectivity index is 0.000000250. The van der Waals surface area contributed by atoms with Gasteiger partial charge in [-0.1, -0.05) is 0 Å². The number of rotatable bonds is 0. The Morgan fingerprint density at radius 1 is 1.50 bits per heavy atom. The van der Waals surface area contributed by atoms with Gasteiger partial charge in [0.05, 0.1) is 12.8 Å². The third-order valence-corrected chi connectivity index (χ3v) is 0.360. The van der Waals surface area contributed by atoms with E-state index < -0.39 is 0 Å². The quantitative estimate of drug-likeness (QED) is 0.438. The number of hydrogen-bond acceptors (Lipinski definition) is 3. The lowest BCUT2D eigenvalue weighted by Crippen LogP contribution is -1.65. The minimum atomic E-state index is 0. The van der Waals surface area contributed by atoms with Gasteiger partial charge in [0.25, 0.3) is 0 Å². The molecule has 0 aromatic carbocycles.